The van der Waals surface area contributed by atoms with Gasteiger partial charge in [-0.05, 0) is 39.0 Å². The van der Waals surface area contributed by atoms with Gasteiger partial charge >= 0.3 is 11.9 Å². The number of carbonyl (C=O) groups excluding carboxylic acids is 3. The summed E-state index contributed by atoms with van der Waals surface area (Å²) in [6, 6.07) is -2.84. The summed E-state index contributed by atoms with van der Waals surface area (Å²) in [6.45, 7) is 12.2. The van der Waals surface area contributed by atoms with Crippen LogP contribution in [-0.2, 0) is 23.9 Å². The van der Waals surface area contributed by atoms with Crippen molar-refractivity contribution in [2.24, 2.45) is 17.6 Å². The SMILES string of the molecule is CC(C)[C@H](NC(=O)[C@@H](N)CCC(=O)O)C(=O)N[C@H](C(=O)OC(C)(C)C)C(C)C. The number of nitrogens with one attached hydrogen (secondary N) is 2. The number of rotatable bonds is 10. The van der Waals surface area contributed by atoms with Crippen molar-refractivity contribution in [3.8, 4) is 0 Å². The van der Waals surface area contributed by atoms with Crippen molar-refractivity contribution in [2.45, 2.75) is 85.0 Å². The molecule has 0 aromatic rings. The zero-order valence-corrected chi connectivity index (χ0v) is 17.9. The van der Waals surface area contributed by atoms with E-state index >= 15 is 0 Å². The molecule has 0 aliphatic rings. The van der Waals surface area contributed by atoms with Gasteiger partial charge in [0.05, 0.1) is 6.04 Å². The molecule has 3 atom stereocenters. The summed E-state index contributed by atoms with van der Waals surface area (Å²) in [4.78, 5) is 48.0. The van der Waals surface area contributed by atoms with Gasteiger partial charge in [-0.15, -0.1) is 0 Å². The first-order valence-corrected chi connectivity index (χ1v) is 9.46. The largest absolute Gasteiger partial charge is 0.481 e. The van der Waals surface area contributed by atoms with Crippen LogP contribution in [-0.4, -0.2) is 52.6 Å². The minimum Gasteiger partial charge on any atom is -0.481 e. The van der Waals surface area contributed by atoms with E-state index < -0.39 is 47.5 Å². The van der Waals surface area contributed by atoms with E-state index in [0.29, 0.717) is 0 Å². The molecule has 2 amide bonds. The minimum atomic E-state index is -1.06. The molecule has 162 valence electrons. The van der Waals surface area contributed by atoms with E-state index in [1.165, 1.54) is 0 Å². The number of esters is 1. The summed E-state index contributed by atoms with van der Waals surface area (Å²) in [6.07, 6.45) is -0.290. The highest BCUT2D eigenvalue weighted by atomic mass is 16.6. The lowest BCUT2D eigenvalue weighted by molar-refractivity contribution is -0.160. The normalized spacial score (nSPS) is 14.9. The third-order valence-corrected chi connectivity index (χ3v) is 3.88. The van der Waals surface area contributed by atoms with Crippen molar-refractivity contribution in [3.63, 3.8) is 0 Å². The van der Waals surface area contributed by atoms with Gasteiger partial charge in [0.2, 0.25) is 11.8 Å². The Morgan fingerprint density at radius 3 is 1.79 bits per heavy atom. The molecule has 0 rings (SSSR count). The van der Waals surface area contributed by atoms with Gasteiger partial charge in [-0.25, -0.2) is 4.79 Å². The molecule has 9 heteroatoms. The quantitative estimate of drug-likeness (QED) is 0.396. The lowest BCUT2D eigenvalue weighted by atomic mass is 9.99. The van der Waals surface area contributed by atoms with Crippen LogP contribution in [0.15, 0.2) is 0 Å². The molecule has 5 N–H and O–H groups in total. The maximum atomic E-state index is 12.7. The van der Waals surface area contributed by atoms with Gasteiger partial charge in [0.15, 0.2) is 0 Å². The van der Waals surface area contributed by atoms with E-state index in [9.17, 15) is 19.2 Å². The highest BCUT2D eigenvalue weighted by Crippen LogP contribution is 2.13. The Balaban J connectivity index is 5.15. The lowest BCUT2D eigenvalue weighted by Gasteiger charge is -2.29. The molecule has 0 fully saturated rings. The standard InChI is InChI=1S/C19H35N3O6/c1-10(2)14(21-16(25)12(20)8-9-13(23)24)17(26)22-15(11(3)4)18(27)28-19(5,6)7/h10-12,14-15H,8-9,20H2,1-7H3,(H,21,25)(H,22,26)(H,23,24)/t12-,14-,15-/m0/s1. The summed E-state index contributed by atoms with van der Waals surface area (Å²) in [5.41, 5.74) is 5.00. The molecular weight excluding hydrogens is 366 g/mol. The highest BCUT2D eigenvalue weighted by molar-refractivity contribution is 5.92. The van der Waals surface area contributed by atoms with E-state index in [1.54, 1.807) is 48.5 Å². The van der Waals surface area contributed by atoms with Crippen LogP contribution in [0.2, 0.25) is 0 Å². The summed E-state index contributed by atoms with van der Waals surface area (Å²) in [5, 5.41) is 13.9. The van der Waals surface area contributed by atoms with Crippen LogP contribution in [0.1, 0.15) is 61.3 Å². The number of carboxylic acid groups (broad SMARTS) is 1. The number of hydrogen-bond acceptors (Lipinski definition) is 6. The monoisotopic (exact) mass is 401 g/mol. The Kier molecular flexibility index (Phi) is 10.1. The summed E-state index contributed by atoms with van der Waals surface area (Å²) in [5.74, 6) is -3.25. The van der Waals surface area contributed by atoms with E-state index in [2.05, 4.69) is 10.6 Å². The van der Waals surface area contributed by atoms with Gasteiger partial charge in [0, 0.05) is 6.42 Å². The molecule has 0 saturated heterocycles. The Bertz CT molecular complexity index is 569. The Morgan fingerprint density at radius 2 is 1.39 bits per heavy atom. The Morgan fingerprint density at radius 1 is 0.929 bits per heavy atom. The maximum Gasteiger partial charge on any atom is 0.329 e. The second kappa shape index (κ2) is 11.0. The average molecular weight is 402 g/mol. The fourth-order valence-electron chi connectivity index (χ4n) is 2.31. The van der Waals surface area contributed by atoms with Gasteiger partial charge in [-0.1, -0.05) is 27.7 Å². The number of ether oxygens (including phenoxy) is 1. The predicted molar refractivity (Wildman–Crippen MR) is 104 cm³/mol. The van der Waals surface area contributed by atoms with E-state index in [1.807, 2.05) is 0 Å². The summed E-state index contributed by atoms with van der Waals surface area (Å²) >= 11 is 0. The molecule has 0 aliphatic carbocycles. The van der Waals surface area contributed by atoms with Gasteiger partial charge in [0.1, 0.15) is 17.7 Å². The molecule has 0 saturated carbocycles. The average Bonchev–Trinajstić information content (AvgIpc) is 2.52. The molecule has 0 aromatic heterocycles. The van der Waals surface area contributed by atoms with Crippen LogP contribution in [0, 0.1) is 11.8 Å². The molecular formula is C19H35N3O6. The molecule has 0 heterocycles. The number of nitrogens with two attached hydrogens (primary N) is 1. The van der Waals surface area contributed by atoms with Crippen LogP contribution < -0.4 is 16.4 Å². The number of hydrogen-bond donors (Lipinski definition) is 4. The van der Waals surface area contributed by atoms with E-state index in [4.69, 9.17) is 15.6 Å². The first-order chi connectivity index (χ1) is 12.7. The van der Waals surface area contributed by atoms with Gasteiger partial charge in [-0.3, -0.25) is 14.4 Å². The van der Waals surface area contributed by atoms with Gasteiger partial charge in [-0.2, -0.15) is 0 Å². The predicted octanol–water partition coefficient (Wildman–Crippen LogP) is 0.802. The third kappa shape index (κ3) is 9.68. The number of carboxylic acids is 1. The molecule has 0 bridgehead atoms. The van der Waals surface area contributed by atoms with Crippen LogP contribution in [0.25, 0.3) is 0 Å². The molecule has 9 nitrogen and oxygen atoms in total. The lowest BCUT2D eigenvalue weighted by Crippen LogP contribution is -2.57. The van der Waals surface area contributed by atoms with Crippen LogP contribution in [0.3, 0.4) is 0 Å². The van der Waals surface area contributed by atoms with Crippen molar-refractivity contribution in [1.29, 1.82) is 0 Å². The summed E-state index contributed by atoms with van der Waals surface area (Å²) < 4.78 is 5.36. The van der Waals surface area contributed by atoms with Gasteiger partial charge in [0.25, 0.3) is 0 Å². The second-order valence-corrected chi connectivity index (χ2v) is 8.53. The van der Waals surface area contributed by atoms with Crippen molar-refractivity contribution in [3.05, 3.63) is 0 Å². The smallest absolute Gasteiger partial charge is 0.329 e. The fraction of sp³-hybridized carbons (Fsp3) is 0.789. The molecule has 0 unspecified atom stereocenters. The Hall–Kier alpha value is -2.16. The van der Waals surface area contributed by atoms with E-state index in [0.717, 1.165) is 0 Å². The highest BCUT2D eigenvalue weighted by Gasteiger charge is 2.33. The van der Waals surface area contributed by atoms with Crippen molar-refractivity contribution >= 4 is 23.8 Å². The van der Waals surface area contributed by atoms with Crippen molar-refractivity contribution in [1.82, 2.24) is 10.6 Å². The maximum absolute atomic E-state index is 12.7. The topological polar surface area (TPSA) is 148 Å². The second-order valence-electron chi connectivity index (χ2n) is 8.53. The first kappa shape index (κ1) is 25.8. The fourth-order valence-corrected chi connectivity index (χ4v) is 2.31. The molecule has 0 aliphatic heterocycles. The molecule has 0 radical (unpaired) electrons. The minimum absolute atomic E-state index is 0.0415. The zero-order valence-electron chi connectivity index (χ0n) is 17.9. The Labute approximate surface area is 166 Å². The molecule has 0 aromatic carbocycles. The van der Waals surface area contributed by atoms with E-state index in [-0.39, 0.29) is 24.7 Å². The van der Waals surface area contributed by atoms with Gasteiger partial charge < -0.3 is 26.2 Å². The van der Waals surface area contributed by atoms with Crippen LogP contribution in [0.4, 0.5) is 0 Å². The number of amides is 2. The summed E-state index contributed by atoms with van der Waals surface area (Å²) in [7, 11) is 0. The van der Waals surface area contributed by atoms with Crippen molar-refractivity contribution < 1.29 is 29.0 Å². The molecule has 28 heavy (non-hydrogen) atoms. The van der Waals surface area contributed by atoms with Crippen molar-refractivity contribution in [2.75, 3.05) is 0 Å². The zero-order chi connectivity index (χ0) is 22.2. The van der Waals surface area contributed by atoms with Crippen LogP contribution in [0.5, 0.6) is 0 Å². The van der Waals surface area contributed by atoms with Crippen LogP contribution >= 0.6 is 0 Å². The molecule has 0 spiro atoms. The number of aliphatic carboxylic acids is 1. The number of carbonyl (C=O) groups is 4. The first-order valence-electron chi connectivity index (χ1n) is 9.46. The third-order valence-electron chi connectivity index (χ3n) is 3.88.